The highest BCUT2D eigenvalue weighted by atomic mass is 32.2. The van der Waals surface area contributed by atoms with Crippen LogP contribution in [0.1, 0.15) is 48.1 Å². The number of carbonyl (C=O) groups is 1. The van der Waals surface area contributed by atoms with Gasteiger partial charge in [0.25, 0.3) is 5.91 Å². The molecule has 1 amide bonds. The predicted molar refractivity (Wildman–Crippen MR) is 107 cm³/mol. The van der Waals surface area contributed by atoms with Gasteiger partial charge in [-0.05, 0) is 37.2 Å². The summed E-state index contributed by atoms with van der Waals surface area (Å²) in [6.07, 6.45) is 2.14. The molecule has 0 aliphatic carbocycles. The van der Waals surface area contributed by atoms with E-state index in [1.54, 1.807) is 23.1 Å². The summed E-state index contributed by atoms with van der Waals surface area (Å²) in [6, 6.07) is 7.79. The third kappa shape index (κ3) is 4.84. The normalized spacial score (nSPS) is 14.6. The number of hydrogen-bond donors (Lipinski definition) is 1. The molecule has 0 saturated carbocycles. The number of amides is 1. The Balaban J connectivity index is 1.64. The van der Waals surface area contributed by atoms with Crippen LogP contribution in [-0.2, 0) is 13.0 Å². The van der Waals surface area contributed by atoms with Gasteiger partial charge in [-0.15, -0.1) is 23.1 Å². The summed E-state index contributed by atoms with van der Waals surface area (Å²) in [5, 5.41) is 4.22. The van der Waals surface area contributed by atoms with Crippen LogP contribution in [0.25, 0.3) is 0 Å². The second-order valence-electron chi connectivity index (χ2n) is 6.56. The van der Waals surface area contributed by atoms with Crippen LogP contribution in [0.3, 0.4) is 0 Å². The van der Waals surface area contributed by atoms with Gasteiger partial charge in [0.2, 0.25) is 0 Å². The predicted octanol–water partition coefficient (Wildman–Crippen LogP) is 4.66. The number of carbonyl (C=O) groups excluding carboxylic acids is 1. The van der Waals surface area contributed by atoms with Gasteiger partial charge >= 0.3 is 0 Å². The maximum Gasteiger partial charge on any atom is 0.257 e. The number of thioether (sulfide) groups is 1. The highest BCUT2D eigenvalue weighted by Gasteiger charge is 2.21. The number of rotatable bonds is 6. The molecule has 4 nitrogen and oxygen atoms in total. The summed E-state index contributed by atoms with van der Waals surface area (Å²) >= 11 is 3.41. The van der Waals surface area contributed by atoms with Crippen LogP contribution in [-0.4, -0.2) is 34.1 Å². The summed E-state index contributed by atoms with van der Waals surface area (Å²) in [7, 11) is 0. The van der Waals surface area contributed by atoms with E-state index < -0.39 is 0 Å². The minimum absolute atomic E-state index is 0.0855. The van der Waals surface area contributed by atoms with Gasteiger partial charge in [-0.2, -0.15) is 0 Å². The van der Waals surface area contributed by atoms with Gasteiger partial charge in [0.1, 0.15) is 0 Å². The van der Waals surface area contributed by atoms with E-state index in [-0.39, 0.29) is 5.91 Å². The number of benzene rings is 1. The van der Waals surface area contributed by atoms with E-state index >= 15 is 0 Å². The van der Waals surface area contributed by atoms with E-state index in [1.165, 1.54) is 16.2 Å². The third-order valence-corrected chi connectivity index (χ3v) is 6.07. The summed E-state index contributed by atoms with van der Waals surface area (Å²) in [4.78, 5) is 22.0. The quantitative estimate of drug-likeness (QED) is 0.746. The Hall–Kier alpha value is -1.37. The fourth-order valence-corrected chi connectivity index (χ4v) is 4.82. The molecule has 0 unspecified atom stereocenters. The van der Waals surface area contributed by atoms with Crippen LogP contribution in [0.2, 0.25) is 0 Å². The summed E-state index contributed by atoms with van der Waals surface area (Å²) in [5.41, 5.74) is 1.82. The Kier molecular flexibility index (Phi) is 6.15. The SMILES string of the molecule is CCCN1CCc2nc(NC(=O)c3ccc(SC(C)C)cc3)sc2C1. The molecule has 2 aromatic rings. The van der Waals surface area contributed by atoms with Crippen molar-refractivity contribution in [3.63, 3.8) is 0 Å². The van der Waals surface area contributed by atoms with Crippen molar-refractivity contribution in [3.05, 3.63) is 40.4 Å². The smallest absolute Gasteiger partial charge is 0.257 e. The van der Waals surface area contributed by atoms with Crippen molar-refractivity contribution >= 4 is 34.1 Å². The monoisotopic (exact) mass is 375 g/mol. The van der Waals surface area contributed by atoms with Gasteiger partial charge in [0.05, 0.1) is 5.69 Å². The van der Waals surface area contributed by atoms with Crippen molar-refractivity contribution in [2.45, 2.75) is 50.3 Å². The minimum atomic E-state index is -0.0855. The lowest BCUT2D eigenvalue weighted by Crippen LogP contribution is -2.30. The van der Waals surface area contributed by atoms with E-state index in [4.69, 9.17) is 0 Å². The lowest BCUT2D eigenvalue weighted by Gasteiger charge is -2.24. The van der Waals surface area contributed by atoms with Crippen LogP contribution in [0, 0.1) is 0 Å². The molecule has 0 radical (unpaired) electrons. The number of hydrogen-bond acceptors (Lipinski definition) is 5. The third-order valence-electron chi connectivity index (χ3n) is 4.06. The van der Waals surface area contributed by atoms with Crippen molar-refractivity contribution in [2.75, 3.05) is 18.4 Å². The van der Waals surface area contributed by atoms with Gasteiger partial charge < -0.3 is 0 Å². The first-order valence-electron chi connectivity index (χ1n) is 8.84. The van der Waals surface area contributed by atoms with Gasteiger partial charge in [0.15, 0.2) is 5.13 Å². The standard InChI is InChI=1S/C19H25N3OS2/c1-4-10-22-11-9-16-17(12-22)25-19(20-16)21-18(23)14-5-7-15(8-6-14)24-13(2)3/h5-8,13H,4,9-12H2,1-3H3,(H,20,21,23). The summed E-state index contributed by atoms with van der Waals surface area (Å²) in [6.45, 7) is 9.68. The first-order chi connectivity index (χ1) is 12.0. The van der Waals surface area contributed by atoms with Crippen LogP contribution >= 0.6 is 23.1 Å². The number of nitrogens with one attached hydrogen (secondary N) is 1. The number of fused-ring (bicyclic) bond motifs is 1. The lowest BCUT2D eigenvalue weighted by atomic mass is 10.2. The Morgan fingerprint density at radius 1 is 1.36 bits per heavy atom. The second kappa shape index (κ2) is 8.34. The molecule has 0 bridgehead atoms. The molecule has 3 rings (SSSR count). The van der Waals surface area contributed by atoms with Crippen molar-refractivity contribution in [1.82, 2.24) is 9.88 Å². The summed E-state index contributed by atoms with van der Waals surface area (Å²) in [5.74, 6) is -0.0855. The first-order valence-corrected chi connectivity index (χ1v) is 10.5. The molecule has 0 fully saturated rings. The fourth-order valence-electron chi connectivity index (χ4n) is 2.94. The molecular weight excluding hydrogens is 350 g/mol. The summed E-state index contributed by atoms with van der Waals surface area (Å²) < 4.78 is 0. The highest BCUT2D eigenvalue weighted by molar-refractivity contribution is 7.99. The van der Waals surface area contributed by atoms with E-state index in [9.17, 15) is 4.79 Å². The average molecular weight is 376 g/mol. The van der Waals surface area contributed by atoms with Crippen LogP contribution in [0.15, 0.2) is 29.2 Å². The Morgan fingerprint density at radius 3 is 2.80 bits per heavy atom. The molecule has 1 N–H and O–H groups in total. The fraction of sp³-hybridized carbons (Fsp3) is 0.474. The zero-order valence-corrected chi connectivity index (χ0v) is 16.7. The molecule has 6 heteroatoms. The lowest BCUT2D eigenvalue weighted by molar-refractivity contribution is 0.102. The highest BCUT2D eigenvalue weighted by Crippen LogP contribution is 2.29. The van der Waals surface area contributed by atoms with E-state index in [0.717, 1.165) is 31.7 Å². The Bertz CT molecular complexity index is 725. The molecular formula is C19H25N3OS2. The molecule has 1 aromatic carbocycles. The van der Waals surface area contributed by atoms with Gasteiger partial charge in [-0.1, -0.05) is 20.8 Å². The van der Waals surface area contributed by atoms with Crippen LogP contribution in [0.4, 0.5) is 5.13 Å². The zero-order valence-electron chi connectivity index (χ0n) is 15.0. The zero-order chi connectivity index (χ0) is 17.8. The van der Waals surface area contributed by atoms with Crippen molar-refractivity contribution in [3.8, 4) is 0 Å². The largest absolute Gasteiger partial charge is 0.298 e. The second-order valence-corrected chi connectivity index (χ2v) is 9.29. The topological polar surface area (TPSA) is 45.2 Å². The first kappa shape index (κ1) is 18.4. The number of aromatic nitrogens is 1. The van der Waals surface area contributed by atoms with Crippen molar-refractivity contribution < 1.29 is 4.79 Å². The van der Waals surface area contributed by atoms with E-state index in [0.29, 0.717) is 15.9 Å². The molecule has 25 heavy (non-hydrogen) atoms. The molecule has 1 aromatic heterocycles. The Morgan fingerprint density at radius 2 is 2.12 bits per heavy atom. The number of anilines is 1. The van der Waals surface area contributed by atoms with Crippen molar-refractivity contribution in [1.29, 1.82) is 0 Å². The minimum Gasteiger partial charge on any atom is -0.298 e. The molecule has 0 spiro atoms. The van der Waals surface area contributed by atoms with E-state index in [1.807, 2.05) is 24.3 Å². The average Bonchev–Trinajstić information content (AvgIpc) is 2.96. The molecule has 0 atom stereocenters. The van der Waals surface area contributed by atoms with Gasteiger partial charge in [-0.25, -0.2) is 4.98 Å². The van der Waals surface area contributed by atoms with Gasteiger partial charge in [0, 0.05) is 40.1 Å². The van der Waals surface area contributed by atoms with Crippen molar-refractivity contribution in [2.24, 2.45) is 0 Å². The molecule has 1 aliphatic heterocycles. The van der Waals surface area contributed by atoms with Gasteiger partial charge in [-0.3, -0.25) is 15.0 Å². The van der Waals surface area contributed by atoms with E-state index in [2.05, 4.69) is 36.0 Å². The molecule has 134 valence electrons. The Labute approximate surface area is 158 Å². The van der Waals surface area contributed by atoms with Crippen LogP contribution < -0.4 is 5.32 Å². The maximum atomic E-state index is 12.5. The maximum absolute atomic E-state index is 12.5. The number of thiazole rings is 1. The molecule has 2 heterocycles. The molecule has 1 aliphatic rings. The molecule has 0 saturated heterocycles. The number of nitrogens with zero attached hydrogens (tertiary/aromatic N) is 2. The van der Waals surface area contributed by atoms with Crippen LogP contribution in [0.5, 0.6) is 0 Å².